The number of carboxylic acid groups (broad SMARTS) is 1. The number of carbonyl (C=O) groups is 1. The van der Waals surface area contributed by atoms with Gasteiger partial charge in [0.05, 0.1) is 6.61 Å². The lowest BCUT2D eigenvalue weighted by Crippen LogP contribution is -2.01. The van der Waals surface area contributed by atoms with E-state index in [1.807, 2.05) is 0 Å². The van der Waals surface area contributed by atoms with Crippen molar-refractivity contribution in [3.8, 4) is 0 Å². The lowest BCUT2D eigenvalue weighted by atomic mass is 10.2. The first-order valence-electron chi connectivity index (χ1n) is 3.69. The third kappa shape index (κ3) is 9.75. The normalized spacial score (nSPS) is 9.55. The Morgan fingerprint density at radius 2 is 1.91 bits per heavy atom. The van der Waals surface area contributed by atoms with Gasteiger partial charge in [0.1, 0.15) is 0 Å². The molecular weight excluding hydrogens is 212 g/mol. The summed E-state index contributed by atoms with van der Waals surface area (Å²) < 4.78 is 4.33. The fraction of sp³-hybridized carbons (Fsp3) is 0.857. The van der Waals surface area contributed by atoms with Crippen LogP contribution in [-0.2, 0) is 4.74 Å². The number of unbranched alkanes of at least 4 members (excludes halogenated alkanes) is 3. The van der Waals surface area contributed by atoms with Gasteiger partial charge in [-0.2, -0.15) is 0 Å². The van der Waals surface area contributed by atoms with Crippen LogP contribution in [0, 0.1) is 0 Å². The van der Waals surface area contributed by atoms with Gasteiger partial charge >= 0.3 is 6.16 Å². The van der Waals surface area contributed by atoms with E-state index in [1.165, 1.54) is 0 Å². The van der Waals surface area contributed by atoms with Gasteiger partial charge < -0.3 is 9.84 Å². The van der Waals surface area contributed by atoms with Gasteiger partial charge in [-0.1, -0.05) is 28.8 Å². The fourth-order valence-electron chi connectivity index (χ4n) is 0.710. The summed E-state index contributed by atoms with van der Waals surface area (Å²) in [5.41, 5.74) is 0. The molecule has 0 heterocycles. The highest BCUT2D eigenvalue weighted by molar-refractivity contribution is 9.09. The van der Waals surface area contributed by atoms with Gasteiger partial charge in [0.2, 0.25) is 0 Å². The highest BCUT2D eigenvalue weighted by Crippen LogP contribution is 2.01. The van der Waals surface area contributed by atoms with Crippen LogP contribution in [0.25, 0.3) is 0 Å². The molecule has 0 aromatic rings. The van der Waals surface area contributed by atoms with Crippen LogP contribution in [0.15, 0.2) is 0 Å². The summed E-state index contributed by atoms with van der Waals surface area (Å²) in [6.45, 7) is 0.331. The summed E-state index contributed by atoms with van der Waals surface area (Å²) in [6, 6.07) is 0. The van der Waals surface area contributed by atoms with Crippen LogP contribution in [0.1, 0.15) is 25.7 Å². The number of ether oxygens (including phenoxy) is 1. The molecule has 66 valence electrons. The van der Waals surface area contributed by atoms with Crippen LogP contribution in [0.2, 0.25) is 0 Å². The van der Waals surface area contributed by atoms with Gasteiger partial charge in [0.25, 0.3) is 0 Å². The molecule has 0 aliphatic rings. The van der Waals surface area contributed by atoms with E-state index in [2.05, 4.69) is 20.7 Å². The fourth-order valence-corrected chi connectivity index (χ4v) is 1.11. The predicted octanol–water partition coefficient (Wildman–Crippen LogP) is 2.64. The third-order valence-electron chi connectivity index (χ3n) is 1.25. The maximum Gasteiger partial charge on any atom is 0.505 e. The van der Waals surface area contributed by atoms with Gasteiger partial charge in [-0.25, -0.2) is 4.79 Å². The average molecular weight is 225 g/mol. The van der Waals surface area contributed by atoms with Crippen molar-refractivity contribution >= 4 is 22.1 Å². The van der Waals surface area contributed by atoms with Crippen LogP contribution in [0.3, 0.4) is 0 Å². The third-order valence-corrected chi connectivity index (χ3v) is 1.81. The Morgan fingerprint density at radius 3 is 2.45 bits per heavy atom. The van der Waals surface area contributed by atoms with Crippen LogP contribution in [-0.4, -0.2) is 23.2 Å². The van der Waals surface area contributed by atoms with E-state index in [0.717, 1.165) is 31.0 Å². The molecule has 11 heavy (non-hydrogen) atoms. The Balaban J connectivity index is 2.85. The molecule has 0 bridgehead atoms. The molecule has 0 aromatic carbocycles. The van der Waals surface area contributed by atoms with Crippen LogP contribution >= 0.6 is 15.9 Å². The first-order chi connectivity index (χ1) is 5.27. The largest absolute Gasteiger partial charge is 0.505 e. The van der Waals surface area contributed by atoms with Crippen molar-refractivity contribution in [3.63, 3.8) is 0 Å². The molecule has 0 aromatic heterocycles. The van der Waals surface area contributed by atoms with Gasteiger partial charge in [-0.15, -0.1) is 0 Å². The minimum absolute atomic E-state index is 0.331. The second kappa shape index (κ2) is 7.85. The lowest BCUT2D eigenvalue weighted by molar-refractivity contribution is 0.0900. The van der Waals surface area contributed by atoms with E-state index in [0.29, 0.717) is 6.61 Å². The van der Waals surface area contributed by atoms with Gasteiger partial charge in [-0.05, 0) is 12.8 Å². The minimum atomic E-state index is -1.18. The van der Waals surface area contributed by atoms with Crippen molar-refractivity contribution in [1.29, 1.82) is 0 Å². The Bertz CT molecular complexity index is 106. The number of hydrogen-bond donors (Lipinski definition) is 1. The van der Waals surface area contributed by atoms with Crippen LogP contribution < -0.4 is 0 Å². The second-order valence-corrected chi connectivity index (χ2v) is 3.01. The van der Waals surface area contributed by atoms with Gasteiger partial charge in [0.15, 0.2) is 0 Å². The maximum atomic E-state index is 9.86. The Kier molecular flexibility index (Phi) is 7.67. The van der Waals surface area contributed by atoms with Crippen LogP contribution in [0.4, 0.5) is 4.79 Å². The zero-order valence-corrected chi connectivity index (χ0v) is 7.97. The average Bonchev–Trinajstić information content (AvgIpc) is 1.96. The summed E-state index contributed by atoms with van der Waals surface area (Å²) in [5, 5.41) is 9.11. The highest BCUT2D eigenvalue weighted by atomic mass is 79.9. The molecule has 4 heteroatoms. The van der Waals surface area contributed by atoms with Crippen LogP contribution in [0.5, 0.6) is 0 Å². The topological polar surface area (TPSA) is 46.5 Å². The molecule has 1 N–H and O–H groups in total. The molecule has 0 unspecified atom stereocenters. The molecule has 0 saturated heterocycles. The Morgan fingerprint density at radius 1 is 1.27 bits per heavy atom. The molecule has 0 atom stereocenters. The quantitative estimate of drug-likeness (QED) is 0.429. The molecule has 0 saturated carbocycles. The summed E-state index contributed by atoms with van der Waals surface area (Å²) in [6.07, 6.45) is 2.98. The van der Waals surface area contributed by atoms with Crippen molar-refractivity contribution in [2.24, 2.45) is 0 Å². The van der Waals surface area contributed by atoms with E-state index in [4.69, 9.17) is 5.11 Å². The smallest absolute Gasteiger partial charge is 0.450 e. The molecule has 0 spiro atoms. The summed E-state index contributed by atoms with van der Waals surface area (Å²) >= 11 is 3.32. The molecule has 3 nitrogen and oxygen atoms in total. The Hall–Kier alpha value is -0.250. The first kappa shape index (κ1) is 10.8. The van der Waals surface area contributed by atoms with Crippen molar-refractivity contribution < 1.29 is 14.6 Å². The number of rotatable bonds is 6. The molecular formula is C7H13BrO3. The number of halogens is 1. The molecule has 0 amide bonds. The molecule has 0 fully saturated rings. The number of alkyl halides is 1. The maximum absolute atomic E-state index is 9.86. The van der Waals surface area contributed by atoms with Crippen molar-refractivity contribution in [2.45, 2.75) is 25.7 Å². The minimum Gasteiger partial charge on any atom is -0.450 e. The lowest BCUT2D eigenvalue weighted by Gasteiger charge is -1.98. The monoisotopic (exact) mass is 224 g/mol. The van der Waals surface area contributed by atoms with E-state index in [-0.39, 0.29) is 0 Å². The molecule has 0 rings (SSSR count). The standard InChI is InChI=1S/C7H13BrO3/c8-5-3-1-2-4-6-11-7(9)10/h1-6H2,(H,9,10). The zero-order chi connectivity index (χ0) is 8.53. The van der Waals surface area contributed by atoms with Crippen molar-refractivity contribution in [2.75, 3.05) is 11.9 Å². The molecule has 0 radical (unpaired) electrons. The van der Waals surface area contributed by atoms with E-state index in [1.54, 1.807) is 0 Å². The SMILES string of the molecule is O=C(O)OCCCCCCBr. The zero-order valence-electron chi connectivity index (χ0n) is 6.38. The highest BCUT2D eigenvalue weighted by Gasteiger charge is 1.94. The number of hydrogen-bond acceptors (Lipinski definition) is 2. The van der Waals surface area contributed by atoms with Gasteiger partial charge in [0, 0.05) is 5.33 Å². The van der Waals surface area contributed by atoms with Gasteiger partial charge in [-0.3, -0.25) is 0 Å². The van der Waals surface area contributed by atoms with E-state index >= 15 is 0 Å². The molecule has 0 aliphatic heterocycles. The first-order valence-corrected chi connectivity index (χ1v) is 4.81. The molecule has 0 aliphatic carbocycles. The Labute approximate surface area is 74.9 Å². The summed E-state index contributed by atoms with van der Waals surface area (Å²) in [5.74, 6) is 0. The summed E-state index contributed by atoms with van der Waals surface area (Å²) in [4.78, 5) is 9.86. The predicted molar refractivity (Wildman–Crippen MR) is 46.2 cm³/mol. The summed E-state index contributed by atoms with van der Waals surface area (Å²) in [7, 11) is 0. The van der Waals surface area contributed by atoms with Crippen molar-refractivity contribution in [3.05, 3.63) is 0 Å². The van der Waals surface area contributed by atoms with E-state index < -0.39 is 6.16 Å². The van der Waals surface area contributed by atoms with E-state index in [9.17, 15) is 4.79 Å². The van der Waals surface area contributed by atoms with Crippen molar-refractivity contribution in [1.82, 2.24) is 0 Å². The second-order valence-electron chi connectivity index (χ2n) is 2.22.